The van der Waals surface area contributed by atoms with Crippen LogP contribution in [0.25, 0.3) is 0 Å². The zero-order chi connectivity index (χ0) is 7.98. The van der Waals surface area contributed by atoms with Gasteiger partial charge in [-0.25, -0.2) is 0 Å². The number of ether oxygens (including phenoxy) is 1. The van der Waals surface area contributed by atoms with Crippen molar-refractivity contribution in [1.29, 1.82) is 0 Å². The number of nitrogens with zero attached hydrogens (tertiary/aromatic N) is 1. The zero-order valence-electron chi connectivity index (χ0n) is 6.83. The lowest BCUT2D eigenvalue weighted by Crippen LogP contribution is -2.21. The van der Waals surface area contributed by atoms with E-state index in [9.17, 15) is 4.79 Å². The minimum Gasteiger partial charge on any atom is -0.370 e. The molecule has 0 radical (unpaired) electrons. The molecule has 0 aliphatic rings. The van der Waals surface area contributed by atoms with E-state index in [0.717, 1.165) is 12.8 Å². The van der Waals surface area contributed by atoms with Crippen molar-refractivity contribution in [2.24, 2.45) is 0 Å². The smallest absolute Gasteiger partial charge is 0.148 e. The fourth-order valence-corrected chi connectivity index (χ4v) is 0.460. The summed E-state index contributed by atoms with van der Waals surface area (Å²) >= 11 is 0. The van der Waals surface area contributed by atoms with E-state index in [1.165, 1.54) is 0 Å². The lowest BCUT2D eigenvalue weighted by molar-refractivity contribution is -0.117. The second-order valence-electron chi connectivity index (χ2n) is 2.52. The summed E-state index contributed by atoms with van der Waals surface area (Å²) in [6.07, 6.45) is 0.537. The Labute approximate surface area is 62.0 Å². The Hall–Kier alpha value is -0.410. The van der Waals surface area contributed by atoms with Gasteiger partial charge in [-0.3, -0.25) is 0 Å². The van der Waals surface area contributed by atoms with Crippen LogP contribution in [0.3, 0.4) is 0 Å². The molecule has 1 unspecified atom stereocenters. The summed E-state index contributed by atoms with van der Waals surface area (Å²) in [5, 5.41) is 0. The molecule has 0 fully saturated rings. The topological polar surface area (TPSA) is 29.5 Å². The lowest BCUT2D eigenvalue weighted by atomic mass is 10.4. The second kappa shape index (κ2) is 5.38. The molecule has 10 heavy (non-hydrogen) atoms. The van der Waals surface area contributed by atoms with Crippen molar-refractivity contribution in [3.63, 3.8) is 0 Å². The van der Waals surface area contributed by atoms with Gasteiger partial charge in [0.2, 0.25) is 0 Å². The van der Waals surface area contributed by atoms with Gasteiger partial charge in [-0.15, -0.1) is 0 Å². The van der Waals surface area contributed by atoms with Gasteiger partial charge < -0.3 is 14.4 Å². The molecule has 0 aliphatic heterocycles. The SMILES string of the molecule is CC(C=O)OCCN(C)C. The van der Waals surface area contributed by atoms with Crippen molar-refractivity contribution in [2.45, 2.75) is 13.0 Å². The van der Waals surface area contributed by atoms with E-state index < -0.39 is 0 Å². The summed E-state index contributed by atoms with van der Waals surface area (Å²) in [6.45, 7) is 3.22. The van der Waals surface area contributed by atoms with Gasteiger partial charge in [-0.2, -0.15) is 0 Å². The van der Waals surface area contributed by atoms with E-state index >= 15 is 0 Å². The molecular formula is C7H15NO2. The molecule has 1 atom stereocenters. The maximum Gasteiger partial charge on any atom is 0.148 e. The summed E-state index contributed by atoms with van der Waals surface area (Å²) in [4.78, 5) is 12.1. The molecule has 0 heterocycles. The van der Waals surface area contributed by atoms with Gasteiger partial charge in [0.15, 0.2) is 0 Å². The average molecular weight is 145 g/mol. The van der Waals surface area contributed by atoms with E-state index in [1.807, 2.05) is 19.0 Å². The van der Waals surface area contributed by atoms with Gasteiger partial charge >= 0.3 is 0 Å². The molecule has 0 spiro atoms. The van der Waals surface area contributed by atoms with Gasteiger partial charge in [0.25, 0.3) is 0 Å². The lowest BCUT2D eigenvalue weighted by Gasteiger charge is -2.10. The Bertz CT molecular complexity index is 93.6. The highest BCUT2D eigenvalue weighted by molar-refractivity contribution is 5.55. The molecule has 0 bridgehead atoms. The summed E-state index contributed by atoms with van der Waals surface area (Å²) in [5.41, 5.74) is 0. The number of carbonyl (C=O) groups is 1. The first kappa shape index (κ1) is 9.59. The van der Waals surface area contributed by atoms with Crippen LogP contribution in [0.5, 0.6) is 0 Å². The fraction of sp³-hybridized carbons (Fsp3) is 0.857. The molecular weight excluding hydrogens is 130 g/mol. The van der Waals surface area contributed by atoms with E-state index in [-0.39, 0.29) is 6.10 Å². The van der Waals surface area contributed by atoms with Crippen LogP contribution in [0.2, 0.25) is 0 Å². The average Bonchev–Trinajstić information content (AvgIpc) is 1.87. The van der Waals surface area contributed by atoms with Crippen LogP contribution in [0.1, 0.15) is 6.92 Å². The predicted octanol–water partition coefficient (Wildman–Crippen LogP) is 0.152. The van der Waals surface area contributed by atoms with Crippen molar-refractivity contribution in [3.8, 4) is 0 Å². The van der Waals surface area contributed by atoms with Gasteiger partial charge in [-0.1, -0.05) is 0 Å². The maximum atomic E-state index is 10.0. The predicted molar refractivity (Wildman–Crippen MR) is 40.0 cm³/mol. The number of hydrogen-bond donors (Lipinski definition) is 0. The standard InChI is InChI=1S/C7H15NO2/c1-7(6-9)10-5-4-8(2)3/h6-7H,4-5H2,1-3H3. The van der Waals surface area contributed by atoms with Crippen LogP contribution < -0.4 is 0 Å². The van der Waals surface area contributed by atoms with Crippen LogP contribution in [0, 0.1) is 0 Å². The fourth-order valence-electron chi connectivity index (χ4n) is 0.460. The van der Waals surface area contributed by atoms with Crippen LogP contribution in [-0.2, 0) is 9.53 Å². The molecule has 0 rings (SSSR count). The van der Waals surface area contributed by atoms with Crippen molar-refractivity contribution < 1.29 is 9.53 Å². The van der Waals surface area contributed by atoms with E-state index in [0.29, 0.717) is 6.61 Å². The molecule has 0 amide bonds. The Morgan fingerprint density at radius 1 is 1.60 bits per heavy atom. The molecule has 3 heteroatoms. The largest absolute Gasteiger partial charge is 0.370 e. The number of rotatable bonds is 5. The third-order valence-corrected chi connectivity index (χ3v) is 1.11. The van der Waals surface area contributed by atoms with E-state index in [2.05, 4.69) is 0 Å². The molecule has 60 valence electrons. The number of likely N-dealkylation sites (N-methyl/N-ethyl adjacent to an activating group) is 1. The first-order chi connectivity index (χ1) is 4.66. The minimum absolute atomic E-state index is 0.264. The summed E-state index contributed by atoms with van der Waals surface area (Å²) in [5.74, 6) is 0. The Morgan fingerprint density at radius 3 is 2.60 bits per heavy atom. The zero-order valence-corrected chi connectivity index (χ0v) is 6.83. The molecule has 3 nitrogen and oxygen atoms in total. The Morgan fingerprint density at radius 2 is 2.20 bits per heavy atom. The highest BCUT2D eigenvalue weighted by Crippen LogP contribution is 1.85. The number of carbonyl (C=O) groups excluding carboxylic acids is 1. The maximum absolute atomic E-state index is 10.0. The van der Waals surface area contributed by atoms with E-state index in [1.54, 1.807) is 6.92 Å². The van der Waals surface area contributed by atoms with Crippen molar-refractivity contribution in [2.75, 3.05) is 27.2 Å². The number of aldehydes is 1. The van der Waals surface area contributed by atoms with E-state index in [4.69, 9.17) is 4.74 Å². The normalized spacial score (nSPS) is 13.6. The summed E-state index contributed by atoms with van der Waals surface area (Å²) in [6, 6.07) is 0. The molecule has 0 aliphatic carbocycles. The monoisotopic (exact) mass is 145 g/mol. The molecule has 0 aromatic rings. The third kappa shape index (κ3) is 5.72. The molecule has 0 aromatic heterocycles. The van der Waals surface area contributed by atoms with Gasteiger partial charge in [0.1, 0.15) is 12.4 Å². The minimum atomic E-state index is -0.264. The molecule has 0 saturated carbocycles. The Balaban J connectivity index is 3.11. The second-order valence-corrected chi connectivity index (χ2v) is 2.52. The number of hydrogen-bond acceptors (Lipinski definition) is 3. The van der Waals surface area contributed by atoms with Crippen LogP contribution >= 0.6 is 0 Å². The first-order valence-electron chi connectivity index (χ1n) is 3.38. The first-order valence-corrected chi connectivity index (χ1v) is 3.38. The molecule has 0 saturated heterocycles. The van der Waals surface area contributed by atoms with Crippen molar-refractivity contribution >= 4 is 6.29 Å². The Kier molecular flexibility index (Phi) is 5.16. The van der Waals surface area contributed by atoms with Gasteiger partial charge in [0.05, 0.1) is 6.61 Å². The highest BCUT2D eigenvalue weighted by Gasteiger charge is 1.97. The van der Waals surface area contributed by atoms with Crippen LogP contribution in [-0.4, -0.2) is 44.5 Å². The molecule has 0 aromatic carbocycles. The van der Waals surface area contributed by atoms with Gasteiger partial charge in [-0.05, 0) is 21.0 Å². The quantitative estimate of drug-likeness (QED) is 0.516. The third-order valence-electron chi connectivity index (χ3n) is 1.11. The van der Waals surface area contributed by atoms with Crippen molar-refractivity contribution in [3.05, 3.63) is 0 Å². The summed E-state index contributed by atoms with van der Waals surface area (Å²) in [7, 11) is 3.93. The van der Waals surface area contributed by atoms with Crippen molar-refractivity contribution in [1.82, 2.24) is 4.90 Å². The van der Waals surface area contributed by atoms with Crippen LogP contribution in [0.15, 0.2) is 0 Å². The molecule has 0 N–H and O–H groups in total. The van der Waals surface area contributed by atoms with Gasteiger partial charge in [0, 0.05) is 6.54 Å². The summed E-state index contributed by atoms with van der Waals surface area (Å²) < 4.78 is 5.09. The van der Waals surface area contributed by atoms with Crippen LogP contribution in [0.4, 0.5) is 0 Å². The highest BCUT2D eigenvalue weighted by atomic mass is 16.5.